The van der Waals surface area contributed by atoms with Crippen molar-refractivity contribution < 1.29 is 0 Å². The van der Waals surface area contributed by atoms with E-state index in [1.54, 1.807) is 10.7 Å². The molecule has 34 heavy (non-hydrogen) atoms. The van der Waals surface area contributed by atoms with Gasteiger partial charge in [0.1, 0.15) is 0 Å². The molecule has 0 radical (unpaired) electrons. The third-order valence-electron chi connectivity index (χ3n) is 7.72. The molecule has 0 aliphatic heterocycles. The first-order chi connectivity index (χ1) is 16.5. The van der Waals surface area contributed by atoms with Crippen LogP contribution in [0.15, 0.2) is 60.9 Å². The SMILES string of the molecule is C[CH2][Ge]([CH2]C)([CH2]C)[c]1cc(-c2ncnc3c2sc2c(CC(C)C)cccc23)cc2ccccc12. The molecule has 4 heteroatoms. The van der Waals surface area contributed by atoms with E-state index in [0.29, 0.717) is 5.92 Å². The zero-order valence-electron chi connectivity index (χ0n) is 21.0. The van der Waals surface area contributed by atoms with Crippen molar-refractivity contribution in [1.82, 2.24) is 9.97 Å². The molecule has 0 saturated heterocycles. The minimum atomic E-state index is -2.21. The summed E-state index contributed by atoms with van der Waals surface area (Å²) in [6.07, 6.45) is 2.86. The first-order valence-corrected chi connectivity index (χ1v) is 19.0. The molecule has 0 spiro atoms. The minimum absolute atomic E-state index is 0.626. The summed E-state index contributed by atoms with van der Waals surface area (Å²) in [6.45, 7) is 11.8. The normalized spacial score (nSPS) is 12.4. The van der Waals surface area contributed by atoms with E-state index in [-0.39, 0.29) is 0 Å². The van der Waals surface area contributed by atoms with E-state index < -0.39 is 13.3 Å². The molecule has 0 amide bonds. The number of fused-ring (bicyclic) bond motifs is 4. The number of hydrogen-bond donors (Lipinski definition) is 0. The summed E-state index contributed by atoms with van der Waals surface area (Å²) in [4.78, 5) is 9.66. The maximum absolute atomic E-state index is 4.89. The zero-order chi connectivity index (χ0) is 23.9. The summed E-state index contributed by atoms with van der Waals surface area (Å²) in [5.74, 6) is 0.626. The van der Waals surface area contributed by atoms with Crippen LogP contribution in [0, 0.1) is 5.92 Å². The predicted molar refractivity (Wildman–Crippen MR) is 153 cm³/mol. The molecule has 2 aromatic heterocycles. The van der Waals surface area contributed by atoms with Crippen molar-refractivity contribution in [1.29, 1.82) is 0 Å². The second-order valence-electron chi connectivity index (χ2n) is 9.98. The Morgan fingerprint density at radius 3 is 2.29 bits per heavy atom. The molecule has 0 saturated carbocycles. The molecule has 0 unspecified atom stereocenters. The molecule has 0 aliphatic rings. The number of benzene rings is 3. The number of nitrogens with zero attached hydrogens (tertiary/aromatic N) is 2. The van der Waals surface area contributed by atoms with E-state index in [2.05, 4.69) is 89.2 Å². The van der Waals surface area contributed by atoms with Gasteiger partial charge < -0.3 is 0 Å². The fraction of sp³-hybridized carbons (Fsp3) is 0.333. The molecule has 0 bridgehead atoms. The Balaban J connectivity index is 1.80. The van der Waals surface area contributed by atoms with Gasteiger partial charge in [0.05, 0.1) is 0 Å². The fourth-order valence-electron chi connectivity index (χ4n) is 5.67. The Morgan fingerprint density at radius 2 is 1.56 bits per heavy atom. The molecule has 0 aliphatic carbocycles. The van der Waals surface area contributed by atoms with Crippen LogP contribution in [0.25, 0.3) is 42.3 Å². The third kappa shape index (κ3) is 3.87. The van der Waals surface area contributed by atoms with Gasteiger partial charge in [-0.15, -0.1) is 0 Å². The Kier molecular flexibility index (Phi) is 6.52. The van der Waals surface area contributed by atoms with E-state index in [1.165, 1.54) is 52.4 Å². The van der Waals surface area contributed by atoms with E-state index in [4.69, 9.17) is 9.97 Å². The van der Waals surface area contributed by atoms with Gasteiger partial charge in [0.15, 0.2) is 0 Å². The Bertz CT molecular complexity index is 1470. The van der Waals surface area contributed by atoms with Crippen LogP contribution in [0.2, 0.25) is 15.8 Å². The second-order valence-corrected chi connectivity index (χ2v) is 22.0. The summed E-state index contributed by atoms with van der Waals surface area (Å²) in [5, 5.41) is 8.03. The molecular formula is C30H34GeN2S. The van der Waals surface area contributed by atoms with Gasteiger partial charge in [-0.05, 0) is 0 Å². The average Bonchev–Trinajstić information content (AvgIpc) is 3.25. The summed E-state index contributed by atoms with van der Waals surface area (Å²) in [6, 6.07) is 20.5. The summed E-state index contributed by atoms with van der Waals surface area (Å²) in [5.41, 5.74) is 4.87. The van der Waals surface area contributed by atoms with E-state index in [1.807, 2.05) is 11.3 Å². The van der Waals surface area contributed by atoms with E-state index in [0.717, 1.165) is 17.6 Å². The molecule has 3 aromatic carbocycles. The van der Waals surface area contributed by atoms with Gasteiger partial charge in [-0.2, -0.15) is 0 Å². The number of rotatable bonds is 7. The first-order valence-electron chi connectivity index (χ1n) is 12.7. The zero-order valence-corrected chi connectivity index (χ0v) is 23.9. The molecular weight excluding hydrogens is 493 g/mol. The monoisotopic (exact) mass is 528 g/mol. The first kappa shape index (κ1) is 23.5. The molecule has 5 aromatic rings. The summed E-state index contributed by atoms with van der Waals surface area (Å²) in [7, 11) is 0. The van der Waals surface area contributed by atoms with Gasteiger partial charge in [0.25, 0.3) is 0 Å². The van der Waals surface area contributed by atoms with Crippen LogP contribution in [0.1, 0.15) is 40.2 Å². The molecule has 0 fully saturated rings. The van der Waals surface area contributed by atoms with Crippen LogP contribution >= 0.6 is 11.3 Å². The molecule has 0 atom stereocenters. The van der Waals surface area contributed by atoms with Crippen LogP contribution in [-0.2, 0) is 6.42 Å². The predicted octanol–water partition coefficient (Wildman–Crippen LogP) is 8.58. The summed E-state index contributed by atoms with van der Waals surface area (Å²) < 4.78 is 4.24. The van der Waals surface area contributed by atoms with Crippen molar-refractivity contribution in [2.45, 2.75) is 56.8 Å². The van der Waals surface area contributed by atoms with Crippen molar-refractivity contribution in [2.24, 2.45) is 5.92 Å². The molecule has 174 valence electrons. The van der Waals surface area contributed by atoms with Gasteiger partial charge in [-0.3, -0.25) is 0 Å². The Morgan fingerprint density at radius 1 is 0.824 bits per heavy atom. The maximum atomic E-state index is 4.89. The van der Waals surface area contributed by atoms with Gasteiger partial charge in [-0.1, -0.05) is 0 Å². The van der Waals surface area contributed by atoms with Gasteiger partial charge in [-0.25, -0.2) is 0 Å². The van der Waals surface area contributed by atoms with Crippen molar-refractivity contribution in [2.75, 3.05) is 0 Å². The van der Waals surface area contributed by atoms with Crippen molar-refractivity contribution >= 4 is 60.1 Å². The molecule has 2 nitrogen and oxygen atoms in total. The van der Waals surface area contributed by atoms with Gasteiger partial charge in [0.2, 0.25) is 0 Å². The molecule has 0 N–H and O–H groups in total. The van der Waals surface area contributed by atoms with E-state index in [9.17, 15) is 0 Å². The van der Waals surface area contributed by atoms with Gasteiger partial charge >= 0.3 is 211 Å². The Labute approximate surface area is 209 Å². The van der Waals surface area contributed by atoms with Crippen molar-refractivity contribution in [3.63, 3.8) is 0 Å². The number of aromatic nitrogens is 2. The van der Waals surface area contributed by atoms with Crippen molar-refractivity contribution in [3.8, 4) is 11.3 Å². The van der Waals surface area contributed by atoms with E-state index >= 15 is 0 Å². The number of thiophene rings is 1. The second kappa shape index (κ2) is 9.43. The van der Waals surface area contributed by atoms with Crippen LogP contribution in [0.3, 0.4) is 0 Å². The standard InChI is InChI=1S/C30H34GeN2S/c1-6-31(7-2,8-3)26-18-23(17-21-12-9-10-14-24(21)26)27-30-28(33-19-32-27)25-15-11-13-22(16-20(4)5)29(25)34-30/h9-15,17-20H,6-8,16H2,1-5H3. The Hall–Kier alpha value is -2.24. The van der Waals surface area contributed by atoms with Crippen molar-refractivity contribution in [3.05, 3.63) is 66.5 Å². The van der Waals surface area contributed by atoms with Crippen LogP contribution < -0.4 is 4.40 Å². The topological polar surface area (TPSA) is 25.8 Å². The van der Waals surface area contributed by atoms with Crippen LogP contribution in [0.5, 0.6) is 0 Å². The summed E-state index contributed by atoms with van der Waals surface area (Å²) >= 11 is -0.327. The van der Waals surface area contributed by atoms with Crippen LogP contribution in [-0.4, -0.2) is 23.2 Å². The third-order valence-corrected chi connectivity index (χ3v) is 20.8. The molecule has 5 rings (SSSR count). The quantitative estimate of drug-likeness (QED) is 0.198. The van der Waals surface area contributed by atoms with Crippen LogP contribution in [0.4, 0.5) is 0 Å². The molecule has 2 heterocycles. The van der Waals surface area contributed by atoms with Gasteiger partial charge in [0, 0.05) is 0 Å². The number of hydrogen-bond acceptors (Lipinski definition) is 3. The average molecular weight is 527 g/mol. The fourth-order valence-corrected chi connectivity index (χ4v) is 15.1.